The van der Waals surface area contributed by atoms with Gasteiger partial charge in [0.15, 0.2) is 0 Å². The third-order valence-electron chi connectivity index (χ3n) is 9.32. The molecule has 2 unspecified atom stereocenters. The molecule has 0 aliphatic carbocycles. The van der Waals surface area contributed by atoms with Crippen LogP contribution in [0.5, 0.6) is 11.5 Å². The smallest absolute Gasteiger partial charge is 0.410 e. The van der Waals surface area contributed by atoms with Crippen molar-refractivity contribution < 1.29 is 42.0 Å². The molecule has 0 spiro atoms. The van der Waals surface area contributed by atoms with Gasteiger partial charge in [-0.3, -0.25) is 0 Å². The highest BCUT2D eigenvalue weighted by Gasteiger charge is 2.34. The molecule has 0 aromatic heterocycles. The molecule has 0 bridgehead atoms. The van der Waals surface area contributed by atoms with Crippen molar-refractivity contribution in [3.8, 4) is 11.5 Å². The summed E-state index contributed by atoms with van der Waals surface area (Å²) in [7, 11) is 1.72. The SMILES string of the molecule is COCCCN1CCOc2ccc(COC3CN(C(=O)OCc4ccccc4)CCC3c3ccc(OCCOCc4cc(F)ccc4F)cc3)cc21. The summed E-state index contributed by atoms with van der Waals surface area (Å²) in [4.78, 5) is 17.3. The maximum atomic E-state index is 13.9. The fourth-order valence-electron chi connectivity index (χ4n) is 6.55. The monoisotopic (exact) mass is 716 g/mol. The fourth-order valence-corrected chi connectivity index (χ4v) is 6.55. The van der Waals surface area contributed by atoms with Crippen molar-refractivity contribution in [3.05, 3.63) is 125 Å². The first-order chi connectivity index (χ1) is 25.5. The second kappa shape index (κ2) is 18.7. The molecule has 2 aliphatic rings. The molecule has 2 heterocycles. The van der Waals surface area contributed by atoms with Crippen LogP contribution >= 0.6 is 0 Å². The van der Waals surface area contributed by atoms with Crippen LogP contribution in [0.25, 0.3) is 0 Å². The number of hydrogen-bond acceptors (Lipinski definition) is 8. The Hall–Kier alpha value is -4.71. The Morgan fingerprint density at radius 2 is 1.71 bits per heavy atom. The zero-order valence-corrected chi connectivity index (χ0v) is 29.5. The number of halogens is 2. The number of carbonyl (C=O) groups excluding carboxylic acids is 1. The van der Waals surface area contributed by atoms with E-state index >= 15 is 0 Å². The largest absolute Gasteiger partial charge is 0.491 e. The molecule has 4 aromatic carbocycles. The van der Waals surface area contributed by atoms with Crippen molar-refractivity contribution in [1.82, 2.24) is 4.90 Å². The number of piperidine rings is 1. The van der Waals surface area contributed by atoms with Gasteiger partial charge in [0.2, 0.25) is 0 Å². The predicted octanol–water partition coefficient (Wildman–Crippen LogP) is 7.51. The van der Waals surface area contributed by atoms with E-state index in [1.807, 2.05) is 66.7 Å². The third kappa shape index (κ3) is 10.2. The Bertz CT molecular complexity index is 1730. The molecule has 0 radical (unpaired) electrons. The Morgan fingerprint density at radius 3 is 2.54 bits per heavy atom. The van der Waals surface area contributed by atoms with Crippen LogP contribution in [-0.2, 0) is 38.8 Å². The van der Waals surface area contributed by atoms with E-state index < -0.39 is 11.6 Å². The quantitative estimate of drug-likeness (QED) is 0.110. The summed E-state index contributed by atoms with van der Waals surface area (Å²) in [6, 6.07) is 27.0. The van der Waals surface area contributed by atoms with Crippen molar-refractivity contribution >= 4 is 11.8 Å². The van der Waals surface area contributed by atoms with Gasteiger partial charge >= 0.3 is 6.09 Å². The van der Waals surface area contributed by atoms with Crippen LogP contribution < -0.4 is 14.4 Å². The third-order valence-corrected chi connectivity index (χ3v) is 9.32. The molecule has 11 heteroatoms. The Kier molecular flexibility index (Phi) is 13.3. The van der Waals surface area contributed by atoms with E-state index in [1.54, 1.807) is 12.0 Å². The van der Waals surface area contributed by atoms with Gasteiger partial charge in [-0.05, 0) is 72.0 Å². The minimum Gasteiger partial charge on any atom is -0.491 e. The lowest BCUT2D eigenvalue weighted by molar-refractivity contribution is -0.0246. The summed E-state index contributed by atoms with van der Waals surface area (Å²) in [5.41, 5.74) is 4.25. The second-order valence-electron chi connectivity index (χ2n) is 12.9. The standard InChI is InChI=1S/C41H46F2N2O7/c1-47-20-5-17-44-19-21-50-39-15-8-31(24-38(39)44)28-51-40-26-45(41(46)52-27-30-6-3-2-4-7-30)18-16-36(40)32-9-12-35(13-10-32)49-23-22-48-29-33-25-34(42)11-14-37(33)43/h2-4,6-15,24-25,36,40H,5,16-23,26-29H2,1H3. The van der Waals surface area contributed by atoms with Crippen LogP contribution in [-0.4, -0.2) is 76.8 Å². The Morgan fingerprint density at radius 1 is 0.865 bits per heavy atom. The number of nitrogens with zero attached hydrogens (tertiary/aromatic N) is 2. The van der Waals surface area contributed by atoms with E-state index in [1.165, 1.54) is 0 Å². The van der Waals surface area contributed by atoms with E-state index in [-0.39, 0.29) is 50.1 Å². The summed E-state index contributed by atoms with van der Waals surface area (Å²) >= 11 is 0. The lowest BCUT2D eigenvalue weighted by Gasteiger charge is -2.38. The van der Waals surface area contributed by atoms with Crippen molar-refractivity contribution in [2.75, 3.05) is 64.6 Å². The van der Waals surface area contributed by atoms with Gasteiger partial charge in [0.25, 0.3) is 0 Å². The molecule has 1 amide bonds. The summed E-state index contributed by atoms with van der Waals surface area (Å²) in [6.45, 7) is 4.95. The molecule has 276 valence electrons. The Balaban J connectivity index is 1.08. The highest BCUT2D eigenvalue weighted by atomic mass is 19.1. The zero-order valence-electron chi connectivity index (χ0n) is 29.5. The van der Waals surface area contributed by atoms with Crippen LogP contribution in [0, 0.1) is 11.6 Å². The van der Waals surface area contributed by atoms with Crippen molar-refractivity contribution in [2.24, 2.45) is 0 Å². The van der Waals surface area contributed by atoms with Crippen LogP contribution in [0.3, 0.4) is 0 Å². The van der Waals surface area contributed by atoms with Gasteiger partial charge in [-0.25, -0.2) is 13.6 Å². The average Bonchev–Trinajstić information content (AvgIpc) is 3.18. The average molecular weight is 717 g/mol. The van der Waals surface area contributed by atoms with Crippen molar-refractivity contribution in [1.29, 1.82) is 0 Å². The van der Waals surface area contributed by atoms with Crippen LogP contribution in [0.2, 0.25) is 0 Å². The minimum atomic E-state index is -0.507. The van der Waals surface area contributed by atoms with Crippen LogP contribution in [0.1, 0.15) is 41.0 Å². The molecule has 1 fully saturated rings. The number of benzene rings is 4. The highest BCUT2D eigenvalue weighted by Crippen LogP contribution is 2.35. The topological polar surface area (TPSA) is 78.9 Å². The molecule has 2 atom stereocenters. The first kappa shape index (κ1) is 37.1. The number of ether oxygens (including phenoxy) is 6. The van der Waals surface area contributed by atoms with Gasteiger partial charge in [0.05, 0.1) is 44.7 Å². The number of amides is 1. The van der Waals surface area contributed by atoms with Gasteiger partial charge < -0.3 is 38.2 Å². The van der Waals surface area contributed by atoms with Crippen molar-refractivity contribution in [2.45, 2.75) is 44.7 Å². The first-order valence-electron chi connectivity index (χ1n) is 17.8. The number of methoxy groups -OCH3 is 1. The van der Waals surface area contributed by atoms with Gasteiger partial charge in [0.1, 0.15) is 43.0 Å². The van der Waals surface area contributed by atoms with E-state index in [0.29, 0.717) is 45.1 Å². The lowest BCUT2D eigenvalue weighted by Crippen LogP contribution is -2.47. The first-order valence-corrected chi connectivity index (χ1v) is 17.8. The normalized spacial score (nSPS) is 17.0. The summed E-state index contributed by atoms with van der Waals surface area (Å²) in [5, 5.41) is 0. The number of likely N-dealkylation sites (tertiary alicyclic amines) is 1. The summed E-state index contributed by atoms with van der Waals surface area (Å²) < 4.78 is 62.2. The lowest BCUT2D eigenvalue weighted by atomic mass is 9.87. The second-order valence-corrected chi connectivity index (χ2v) is 12.9. The van der Waals surface area contributed by atoms with E-state index in [2.05, 4.69) is 11.0 Å². The molecule has 4 aromatic rings. The number of anilines is 1. The van der Waals surface area contributed by atoms with Gasteiger partial charge in [-0.15, -0.1) is 0 Å². The van der Waals surface area contributed by atoms with Gasteiger partial charge in [-0.1, -0.05) is 48.5 Å². The molecule has 52 heavy (non-hydrogen) atoms. The molecular weight excluding hydrogens is 670 g/mol. The maximum Gasteiger partial charge on any atom is 0.410 e. The summed E-state index contributed by atoms with van der Waals surface area (Å²) in [6.07, 6.45) is 0.971. The molecule has 9 nitrogen and oxygen atoms in total. The van der Waals surface area contributed by atoms with Crippen LogP contribution in [0.4, 0.5) is 19.3 Å². The predicted molar refractivity (Wildman–Crippen MR) is 193 cm³/mol. The molecule has 2 aliphatic heterocycles. The zero-order chi connectivity index (χ0) is 36.1. The Labute approximate surface area is 303 Å². The van der Waals surface area contributed by atoms with E-state index in [0.717, 1.165) is 65.8 Å². The minimum absolute atomic E-state index is 0.0308. The number of fused-ring (bicyclic) bond motifs is 1. The van der Waals surface area contributed by atoms with Gasteiger partial charge in [0, 0.05) is 38.3 Å². The van der Waals surface area contributed by atoms with Gasteiger partial charge in [-0.2, -0.15) is 0 Å². The molecule has 0 N–H and O–H groups in total. The fraction of sp³-hybridized carbons (Fsp3) is 0.390. The van der Waals surface area contributed by atoms with E-state index in [4.69, 9.17) is 28.4 Å². The highest BCUT2D eigenvalue weighted by molar-refractivity contribution is 5.68. The summed E-state index contributed by atoms with van der Waals surface area (Å²) in [5.74, 6) is 0.544. The number of carbonyl (C=O) groups is 1. The molecular formula is C41H46F2N2O7. The molecule has 1 saturated heterocycles. The molecule has 6 rings (SSSR count). The number of rotatable bonds is 16. The van der Waals surface area contributed by atoms with E-state index in [9.17, 15) is 13.6 Å². The molecule has 0 saturated carbocycles. The maximum absolute atomic E-state index is 13.9. The van der Waals surface area contributed by atoms with Crippen molar-refractivity contribution in [3.63, 3.8) is 0 Å². The number of hydrogen-bond donors (Lipinski definition) is 0. The van der Waals surface area contributed by atoms with Crippen LogP contribution in [0.15, 0.2) is 91.0 Å².